The summed E-state index contributed by atoms with van der Waals surface area (Å²) in [6.45, 7) is -0.300. The number of carbonyl (C=O) groups excluding carboxylic acids is 3. The minimum atomic E-state index is -2.65. The largest absolute Gasteiger partial charge is 0.427 e. The average molecular weight is 545 g/mol. The maximum Gasteiger partial charge on any atom is 0.391 e. The Morgan fingerprint density at radius 3 is 2.67 bits per heavy atom. The normalized spacial score (nSPS) is 20.6. The van der Waals surface area contributed by atoms with Crippen molar-refractivity contribution in [3.8, 4) is 5.75 Å². The monoisotopic (exact) mass is 544 g/mol. The molecule has 4 amide bonds. The van der Waals surface area contributed by atoms with Crippen molar-refractivity contribution in [1.82, 2.24) is 16.0 Å². The number of urea groups is 1. The molecule has 3 unspecified atom stereocenters. The molecule has 2 fully saturated rings. The predicted octanol–water partition coefficient (Wildman–Crippen LogP) is 3.09. The minimum absolute atomic E-state index is 0.0243. The van der Waals surface area contributed by atoms with E-state index in [9.17, 15) is 18.8 Å². The number of unbranched alkanes of at least 4 members (excludes halogenated alkanes) is 3. The van der Waals surface area contributed by atoms with Crippen molar-refractivity contribution >= 4 is 43.9 Å². The molecule has 10 nitrogen and oxygen atoms in total. The maximum absolute atomic E-state index is 13.1. The van der Waals surface area contributed by atoms with Gasteiger partial charge in [0.05, 0.1) is 12.1 Å². The molecule has 3 rings (SSSR count). The average Bonchev–Trinajstić information content (AvgIpc) is 3.38. The molecule has 13 heteroatoms. The van der Waals surface area contributed by atoms with Gasteiger partial charge in [-0.3, -0.25) is 9.59 Å². The molecule has 0 saturated carbocycles. The highest BCUT2D eigenvalue weighted by Crippen LogP contribution is 2.34. The SMILES string of the molecule is O=C(CCCCC1SCC2NC(=O)NC21)NCCCCCC(=O)Nc1ccc(OP(O)O)c(CF)c1. The quantitative estimate of drug-likeness (QED) is 0.113. The number of fused-ring (bicyclic) bond motifs is 1. The van der Waals surface area contributed by atoms with Gasteiger partial charge in [0.1, 0.15) is 12.4 Å². The van der Waals surface area contributed by atoms with E-state index in [2.05, 4.69) is 21.3 Å². The van der Waals surface area contributed by atoms with Crippen molar-refractivity contribution in [2.75, 3.05) is 17.6 Å². The second-order valence-electron chi connectivity index (χ2n) is 8.88. The number of amides is 4. The van der Waals surface area contributed by atoms with Gasteiger partial charge in [0.2, 0.25) is 11.8 Å². The molecule has 0 bridgehead atoms. The smallest absolute Gasteiger partial charge is 0.391 e. The van der Waals surface area contributed by atoms with Crippen LogP contribution in [-0.4, -0.2) is 57.3 Å². The van der Waals surface area contributed by atoms with E-state index in [-0.39, 0.29) is 41.2 Å². The summed E-state index contributed by atoms with van der Waals surface area (Å²) in [5.41, 5.74) is 0.522. The first-order chi connectivity index (χ1) is 17.4. The topological polar surface area (TPSA) is 149 Å². The Bertz CT molecular complexity index is 911. The summed E-state index contributed by atoms with van der Waals surface area (Å²) in [5, 5.41) is 11.9. The second-order valence-corrected chi connectivity index (χ2v) is 10.8. The van der Waals surface area contributed by atoms with Gasteiger partial charge in [-0.25, -0.2) is 9.18 Å². The lowest BCUT2D eigenvalue weighted by molar-refractivity contribution is -0.121. The van der Waals surface area contributed by atoms with E-state index < -0.39 is 15.3 Å². The van der Waals surface area contributed by atoms with Crippen LogP contribution in [0.3, 0.4) is 0 Å². The van der Waals surface area contributed by atoms with Crippen LogP contribution in [0.5, 0.6) is 5.75 Å². The lowest BCUT2D eigenvalue weighted by atomic mass is 10.0. The number of nitrogens with one attached hydrogen (secondary N) is 4. The van der Waals surface area contributed by atoms with Crippen LogP contribution in [0.4, 0.5) is 14.9 Å². The first-order valence-corrected chi connectivity index (χ1v) is 14.4. The molecule has 36 heavy (non-hydrogen) atoms. The van der Waals surface area contributed by atoms with Gasteiger partial charge in [-0.15, -0.1) is 0 Å². The van der Waals surface area contributed by atoms with Gasteiger partial charge < -0.3 is 35.6 Å². The number of rotatable bonds is 15. The van der Waals surface area contributed by atoms with Crippen LogP contribution in [0.2, 0.25) is 0 Å². The van der Waals surface area contributed by atoms with E-state index in [4.69, 9.17) is 14.3 Å². The zero-order valence-electron chi connectivity index (χ0n) is 20.0. The third kappa shape index (κ3) is 9.06. The molecule has 6 N–H and O–H groups in total. The minimum Gasteiger partial charge on any atom is -0.427 e. The highest BCUT2D eigenvalue weighted by atomic mass is 32.2. The molecule has 2 aliphatic rings. The molecule has 1 aromatic rings. The molecular weight excluding hydrogens is 510 g/mol. The highest BCUT2D eigenvalue weighted by Gasteiger charge is 2.42. The van der Waals surface area contributed by atoms with Crippen LogP contribution >= 0.6 is 20.4 Å². The Kier molecular flexibility index (Phi) is 11.5. The fraction of sp³-hybridized carbons (Fsp3) is 0.609. The zero-order chi connectivity index (χ0) is 25.9. The Balaban J connectivity index is 1.20. The number of thioether (sulfide) groups is 1. The van der Waals surface area contributed by atoms with Gasteiger partial charge >= 0.3 is 14.6 Å². The molecule has 1 aromatic carbocycles. The third-order valence-electron chi connectivity index (χ3n) is 6.15. The summed E-state index contributed by atoms with van der Waals surface area (Å²) in [7, 11) is -2.65. The Morgan fingerprint density at radius 2 is 1.89 bits per heavy atom. The van der Waals surface area contributed by atoms with Gasteiger partial charge in [0.25, 0.3) is 0 Å². The van der Waals surface area contributed by atoms with E-state index in [0.717, 1.165) is 37.9 Å². The fourth-order valence-electron chi connectivity index (χ4n) is 4.34. The zero-order valence-corrected chi connectivity index (χ0v) is 21.7. The van der Waals surface area contributed by atoms with Crippen LogP contribution < -0.4 is 25.8 Å². The Labute approximate surface area is 215 Å². The number of carbonyl (C=O) groups is 3. The highest BCUT2D eigenvalue weighted by molar-refractivity contribution is 8.00. The summed E-state index contributed by atoms with van der Waals surface area (Å²) in [5.74, 6) is 0.794. The molecule has 2 saturated heterocycles. The van der Waals surface area contributed by atoms with Gasteiger partial charge in [-0.1, -0.05) is 12.8 Å². The summed E-state index contributed by atoms with van der Waals surface area (Å²) >= 11 is 1.88. The summed E-state index contributed by atoms with van der Waals surface area (Å²) in [6, 6.07) is 4.64. The fourth-order valence-corrected chi connectivity index (χ4v) is 6.24. The third-order valence-corrected chi connectivity index (χ3v) is 8.02. The lowest BCUT2D eigenvalue weighted by Crippen LogP contribution is -2.36. The number of hydrogen-bond donors (Lipinski definition) is 6. The van der Waals surface area contributed by atoms with Gasteiger partial charge in [0, 0.05) is 41.6 Å². The van der Waals surface area contributed by atoms with Crippen LogP contribution in [0, 0.1) is 0 Å². The Morgan fingerprint density at radius 1 is 1.11 bits per heavy atom. The van der Waals surface area contributed by atoms with Gasteiger partial charge in [-0.05, 0) is 43.9 Å². The Hall–Kier alpha value is -2.14. The summed E-state index contributed by atoms with van der Waals surface area (Å²) in [4.78, 5) is 53.4. The summed E-state index contributed by atoms with van der Waals surface area (Å²) < 4.78 is 17.9. The van der Waals surface area contributed by atoms with E-state index in [0.29, 0.717) is 36.7 Å². The maximum atomic E-state index is 13.1. The van der Waals surface area contributed by atoms with E-state index in [1.165, 1.54) is 18.2 Å². The van der Waals surface area contributed by atoms with E-state index in [1.807, 2.05) is 11.8 Å². The molecule has 0 aromatic heterocycles. The first-order valence-electron chi connectivity index (χ1n) is 12.2. The van der Waals surface area contributed by atoms with Crippen molar-refractivity contribution in [2.24, 2.45) is 0 Å². The molecule has 2 aliphatic heterocycles. The molecule has 200 valence electrons. The number of alkyl halides is 1. The van der Waals surface area contributed by atoms with Gasteiger partial charge in [0.15, 0.2) is 0 Å². The van der Waals surface area contributed by atoms with Crippen LogP contribution in [-0.2, 0) is 16.3 Å². The van der Waals surface area contributed by atoms with Gasteiger partial charge in [-0.2, -0.15) is 11.8 Å². The second kappa shape index (κ2) is 14.6. The van der Waals surface area contributed by atoms with E-state index in [1.54, 1.807) is 0 Å². The molecule has 3 atom stereocenters. The molecule has 0 radical (unpaired) electrons. The van der Waals surface area contributed by atoms with E-state index >= 15 is 0 Å². The van der Waals surface area contributed by atoms with Crippen molar-refractivity contribution in [1.29, 1.82) is 0 Å². The number of hydrogen-bond acceptors (Lipinski definition) is 7. The predicted molar refractivity (Wildman–Crippen MR) is 137 cm³/mol. The molecule has 0 spiro atoms. The van der Waals surface area contributed by atoms with Crippen LogP contribution in [0.15, 0.2) is 18.2 Å². The number of anilines is 1. The first kappa shape index (κ1) is 28.4. The standard InChI is InChI=1S/C23H34FN4O6PS/c24-13-15-12-16(9-10-18(15)34-35(32)33)26-21(30)8-2-1-5-11-25-20(29)7-4-3-6-19-22-17(14-36-19)27-23(31)28-22/h9-10,12,17,19,22,32-33H,1-8,11,13-14H2,(H,25,29)(H,26,30)(H2,27,28,31). The lowest BCUT2D eigenvalue weighted by Gasteiger charge is -2.16. The number of halogens is 1. The summed E-state index contributed by atoms with van der Waals surface area (Å²) in [6.07, 6.45) is 5.76. The van der Waals surface area contributed by atoms with Crippen molar-refractivity contribution in [3.63, 3.8) is 0 Å². The molecule has 2 heterocycles. The van der Waals surface area contributed by atoms with Crippen molar-refractivity contribution < 1.29 is 33.1 Å². The van der Waals surface area contributed by atoms with Crippen molar-refractivity contribution in [3.05, 3.63) is 23.8 Å². The molecular formula is C23H34FN4O6PS. The molecule has 0 aliphatic carbocycles. The van der Waals surface area contributed by atoms with Crippen LogP contribution in [0.1, 0.15) is 56.9 Å². The van der Waals surface area contributed by atoms with Crippen LogP contribution in [0.25, 0.3) is 0 Å². The number of benzene rings is 1. The van der Waals surface area contributed by atoms with Crippen molar-refractivity contribution in [2.45, 2.75) is 75.4 Å².